The van der Waals surface area contributed by atoms with Gasteiger partial charge in [0.25, 0.3) is 8.32 Å². The standard InChI is InChI=1S/C30H38OSi2/c1-30(2,3)33(28-18-12-8-13-19-28,29-20-14-9-15-21-29)31-27(24-25-32(4,5)6)23-22-26-16-10-7-11-17-26/h7-21,27H,22-23H2,1-6H3. The maximum atomic E-state index is 7.38. The first-order chi connectivity index (χ1) is 15.6. The van der Waals surface area contributed by atoms with Crippen molar-refractivity contribution in [3.8, 4) is 11.5 Å². The molecule has 0 aliphatic rings. The van der Waals surface area contributed by atoms with Crippen molar-refractivity contribution in [2.75, 3.05) is 0 Å². The van der Waals surface area contributed by atoms with Gasteiger partial charge in [-0.2, -0.15) is 0 Å². The summed E-state index contributed by atoms with van der Waals surface area (Å²) in [5.74, 6) is 3.62. The summed E-state index contributed by atoms with van der Waals surface area (Å²) in [5, 5.41) is 2.56. The lowest BCUT2D eigenvalue weighted by atomic mass is 10.1. The molecule has 0 N–H and O–H groups in total. The average molecular weight is 471 g/mol. The van der Waals surface area contributed by atoms with Crippen molar-refractivity contribution in [1.82, 2.24) is 0 Å². The molecule has 3 aromatic carbocycles. The molecule has 0 aromatic heterocycles. The summed E-state index contributed by atoms with van der Waals surface area (Å²) >= 11 is 0. The maximum Gasteiger partial charge on any atom is 0.262 e. The van der Waals surface area contributed by atoms with E-state index in [1.807, 2.05) is 0 Å². The van der Waals surface area contributed by atoms with E-state index in [0.29, 0.717) is 0 Å². The fourth-order valence-corrected chi connectivity index (χ4v) is 9.52. The number of rotatable bonds is 7. The summed E-state index contributed by atoms with van der Waals surface area (Å²) in [5.41, 5.74) is 4.96. The second kappa shape index (κ2) is 10.7. The molecule has 1 nitrogen and oxygen atoms in total. The van der Waals surface area contributed by atoms with Gasteiger partial charge in [-0.1, -0.05) is 137 Å². The van der Waals surface area contributed by atoms with E-state index >= 15 is 0 Å². The van der Waals surface area contributed by atoms with Crippen molar-refractivity contribution < 1.29 is 4.43 Å². The Hall–Kier alpha value is -2.39. The molecular weight excluding hydrogens is 433 g/mol. The Morgan fingerprint density at radius 1 is 0.727 bits per heavy atom. The lowest BCUT2D eigenvalue weighted by Crippen LogP contribution is -2.67. The first-order valence-electron chi connectivity index (χ1n) is 12.0. The summed E-state index contributed by atoms with van der Waals surface area (Å²) in [6.45, 7) is 13.9. The van der Waals surface area contributed by atoms with Gasteiger partial charge in [0, 0.05) is 0 Å². The molecule has 0 amide bonds. The molecule has 1 unspecified atom stereocenters. The molecule has 1 atom stereocenters. The molecule has 0 fully saturated rings. The minimum absolute atomic E-state index is 0.0540. The van der Waals surface area contributed by atoms with Crippen LogP contribution in [0.1, 0.15) is 32.8 Å². The largest absolute Gasteiger partial charge is 0.394 e. The molecular formula is C30H38OSi2. The van der Waals surface area contributed by atoms with Gasteiger partial charge in [-0.25, -0.2) is 0 Å². The maximum absolute atomic E-state index is 7.38. The van der Waals surface area contributed by atoms with Crippen LogP contribution in [0.5, 0.6) is 0 Å². The number of benzene rings is 3. The zero-order chi connectivity index (χ0) is 24.0. The third kappa shape index (κ3) is 6.57. The fraction of sp³-hybridized carbons (Fsp3) is 0.333. The van der Waals surface area contributed by atoms with E-state index in [9.17, 15) is 0 Å². The highest BCUT2D eigenvalue weighted by Crippen LogP contribution is 2.38. The second-order valence-corrected chi connectivity index (χ2v) is 19.8. The van der Waals surface area contributed by atoms with Crippen LogP contribution in [-0.4, -0.2) is 22.5 Å². The van der Waals surface area contributed by atoms with E-state index in [0.717, 1.165) is 12.8 Å². The van der Waals surface area contributed by atoms with Gasteiger partial charge in [-0.15, -0.1) is 5.54 Å². The Labute approximate surface area is 203 Å². The zero-order valence-corrected chi connectivity index (χ0v) is 23.1. The number of hydrogen-bond donors (Lipinski definition) is 0. The second-order valence-electron chi connectivity index (χ2n) is 10.8. The van der Waals surface area contributed by atoms with Gasteiger partial charge in [0.1, 0.15) is 14.2 Å². The van der Waals surface area contributed by atoms with Crippen molar-refractivity contribution >= 4 is 26.8 Å². The predicted octanol–water partition coefficient (Wildman–Crippen LogP) is 6.45. The Balaban J connectivity index is 2.10. The van der Waals surface area contributed by atoms with Gasteiger partial charge in [0.05, 0.1) is 0 Å². The minimum Gasteiger partial charge on any atom is -0.394 e. The molecule has 3 aromatic rings. The van der Waals surface area contributed by atoms with Crippen molar-refractivity contribution in [3.05, 3.63) is 96.6 Å². The average Bonchev–Trinajstić information content (AvgIpc) is 2.79. The van der Waals surface area contributed by atoms with Crippen LogP contribution in [0.2, 0.25) is 24.7 Å². The molecule has 172 valence electrons. The predicted molar refractivity (Wildman–Crippen MR) is 148 cm³/mol. The smallest absolute Gasteiger partial charge is 0.262 e. The van der Waals surface area contributed by atoms with Gasteiger partial charge in [0.15, 0.2) is 0 Å². The topological polar surface area (TPSA) is 9.23 Å². The van der Waals surface area contributed by atoms with Crippen molar-refractivity contribution in [2.24, 2.45) is 0 Å². The van der Waals surface area contributed by atoms with Crippen LogP contribution >= 0.6 is 0 Å². The molecule has 0 aliphatic heterocycles. The van der Waals surface area contributed by atoms with E-state index in [2.05, 4.69) is 143 Å². The van der Waals surface area contributed by atoms with Crippen molar-refractivity contribution in [1.29, 1.82) is 0 Å². The van der Waals surface area contributed by atoms with Gasteiger partial charge >= 0.3 is 0 Å². The molecule has 3 heteroatoms. The lowest BCUT2D eigenvalue weighted by Gasteiger charge is -2.44. The van der Waals surface area contributed by atoms with Crippen LogP contribution in [0.4, 0.5) is 0 Å². The van der Waals surface area contributed by atoms with Crippen LogP contribution in [0.3, 0.4) is 0 Å². The zero-order valence-electron chi connectivity index (χ0n) is 21.1. The van der Waals surface area contributed by atoms with Crippen LogP contribution in [0, 0.1) is 11.5 Å². The molecule has 0 aliphatic carbocycles. The summed E-state index contributed by atoms with van der Waals surface area (Å²) in [6, 6.07) is 32.5. The molecule has 3 rings (SSSR count). The molecule has 0 heterocycles. The van der Waals surface area contributed by atoms with E-state index in [1.165, 1.54) is 15.9 Å². The Morgan fingerprint density at radius 3 is 1.61 bits per heavy atom. The van der Waals surface area contributed by atoms with Crippen LogP contribution in [0.15, 0.2) is 91.0 Å². The van der Waals surface area contributed by atoms with E-state index in [4.69, 9.17) is 4.43 Å². The highest BCUT2D eigenvalue weighted by molar-refractivity contribution is 6.99. The molecule has 0 spiro atoms. The van der Waals surface area contributed by atoms with Gasteiger partial charge in [-0.3, -0.25) is 0 Å². The van der Waals surface area contributed by atoms with E-state index in [-0.39, 0.29) is 11.1 Å². The Bertz CT molecular complexity index is 1010. The quantitative estimate of drug-likeness (QED) is 0.285. The van der Waals surface area contributed by atoms with Crippen molar-refractivity contribution in [2.45, 2.75) is 64.4 Å². The number of hydrogen-bond acceptors (Lipinski definition) is 1. The SMILES string of the molecule is CC(C)(C)[Si](OC(C#C[Si](C)(C)C)CCc1ccccc1)(c1ccccc1)c1ccccc1. The van der Waals surface area contributed by atoms with Gasteiger partial charge in [-0.05, 0) is 33.8 Å². The summed E-state index contributed by atoms with van der Waals surface area (Å²) in [6.07, 6.45) is 1.75. The third-order valence-electron chi connectivity index (χ3n) is 5.88. The first kappa shape index (κ1) is 25.2. The highest BCUT2D eigenvalue weighted by Gasteiger charge is 2.51. The fourth-order valence-electron chi connectivity index (χ4n) is 4.30. The van der Waals surface area contributed by atoms with Gasteiger partial charge < -0.3 is 4.43 Å². The molecule has 0 saturated heterocycles. The van der Waals surface area contributed by atoms with Gasteiger partial charge in [0.2, 0.25) is 0 Å². The first-order valence-corrected chi connectivity index (χ1v) is 17.4. The molecule has 0 radical (unpaired) electrons. The molecule has 33 heavy (non-hydrogen) atoms. The Morgan fingerprint density at radius 2 is 1.18 bits per heavy atom. The van der Waals surface area contributed by atoms with Crippen LogP contribution in [0.25, 0.3) is 0 Å². The highest BCUT2D eigenvalue weighted by atomic mass is 28.4. The van der Waals surface area contributed by atoms with Crippen LogP contribution in [-0.2, 0) is 10.8 Å². The lowest BCUT2D eigenvalue weighted by molar-refractivity contribution is 0.232. The molecule has 0 bridgehead atoms. The number of aryl methyl sites for hydroxylation is 1. The normalized spacial score (nSPS) is 13.2. The minimum atomic E-state index is -2.63. The molecule has 0 saturated carbocycles. The van der Waals surface area contributed by atoms with E-state index < -0.39 is 16.4 Å². The monoisotopic (exact) mass is 470 g/mol. The summed E-state index contributed by atoms with van der Waals surface area (Å²) in [4.78, 5) is 0. The van der Waals surface area contributed by atoms with Crippen molar-refractivity contribution in [3.63, 3.8) is 0 Å². The van der Waals surface area contributed by atoms with Crippen LogP contribution < -0.4 is 10.4 Å². The Kier molecular flexibility index (Phi) is 8.18. The third-order valence-corrected chi connectivity index (χ3v) is 11.8. The summed E-state index contributed by atoms with van der Waals surface area (Å²) in [7, 11) is -4.17. The van der Waals surface area contributed by atoms with E-state index in [1.54, 1.807) is 0 Å². The summed E-state index contributed by atoms with van der Waals surface area (Å²) < 4.78 is 7.38.